The van der Waals surface area contributed by atoms with E-state index in [1.807, 2.05) is 13.8 Å². The topological polar surface area (TPSA) is 44.3 Å². The normalized spacial score (nSPS) is 13.4. The van der Waals surface area contributed by atoms with Gasteiger partial charge in [0.1, 0.15) is 0 Å². The summed E-state index contributed by atoms with van der Waals surface area (Å²) in [5.74, 6) is 0. The number of aliphatic hydroxyl groups excluding tert-OH is 1. The van der Waals surface area contributed by atoms with Crippen molar-refractivity contribution >= 4 is 0 Å². The predicted octanol–water partition coefficient (Wildman–Crippen LogP) is 0.735. The van der Waals surface area contributed by atoms with Gasteiger partial charge in [-0.25, -0.2) is 0 Å². The molecule has 0 saturated carbocycles. The lowest BCUT2D eigenvalue weighted by Crippen LogP contribution is -2.47. The third-order valence-electron chi connectivity index (χ3n) is 1.78. The van der Waals surface area contributed by atoms with Crippen LogP contribution in [-0.4, -0.2) is 35.9 Å². The Balaban J connectivity index is 3.47. The average molecular weight is 188 g/mol. The summed E-state index contributed by atoms with van der Waals surface area (Å²) in [5.41, 5.74) is 0.00457. The Morgan fingerprint density at radius 2 is 1.38 bits per heavy atom. The first kappa shape index (κ1) is 12.9. The van der Waals surface area contributed by atoms with Gasteiger partial charge in [0.2, 0.25) is 0 Å². The van der Waals surface area contributed by atoms with Crippen molar-refractivity contribution in [1.82, 2.24) is 10.6 Å². The second-order valence-electron chi connectivity index (χ2n) is 5.15. The van der Waals surface area contributed by atoms with Crippen LogP contribution in [0.15, 0.2) is 0 Å². The van der Waals surface area contributed by atoms with Crippen LogP contribution in [0.25, 0.3) is 0 Å². The Morgan fingerprint density at radius 3 is 1.77 bits per heavy atom. The van der Waals surface area contributed by atoms with Crippen LogP contribution < -0.4 is 10.6 Å². The molecular formula is C10H24N2O. The number of nitrogens with one attached hydrogen (secondary N) is 2. The molecule has 0 fully saturated rings. The smallest absolute Gasteiger partial charge is 0.0607 e. The average Bonchev–Trinajstić information content (AvgIpc) is 1.97. The minimum Gasteiger partial charge on any atom is -0.394 e. The molecule has 0 aromatic carbocycles. The molecule has 0 aromatic rings. The van der Waals surface area contributed by atoms with E-state index in [1.165, 1.54) is 0 Å². The van der Waals surface area contributed by atoms with Crippen molar-refractivity contribution in [2.75, 3.05) is 19.7 Å². The minimum absolute atomic E-state index is 0.167. The van der Waals surface area contributed by atoms with Crippen LogP contribution in [0.3, 0.4) is 0 Å². The van der Waals surface area contributed by atoms with E-state index in [9.17, 15) is 0 Å². The van der Waals surface area contributed by atoms with E-state index >= 15 is 0 Å². The number of hydrogen-bond acceptors (Lipinski definition) is 3. The molecule has 3 heteroatoms. The molecule has 0 rings (SSSR count). The van der Waals surface area contributed by atoms with Gasteiger partial charge < -0.3 is 15.7 Å². The zero-order chi connectivity index (χ0) is 10.5. The van der Waals surface area contributed by atoms with Crippen molar-refractivity contribution in [3.05, 3.63) is 0 Å². The van der Waals surface area contributed by atoms with Gasteiger partial charge in [-0.3, -0.25) is 0 Å². The lowest BCUT2D eigenvalue weighted by Gasteiger charge is -2.26. The van der Waals surface area contributed by atoms with Gasteiger partial charge in [0.05, 0.1) is 6.61 Å². The summed E-state index contributed by atoms with van der Waals surface area (Å²) < 4.78 is 0. The molecule has 0 radical (unpaired) electrons. The highest BCUT2D eigenvalue weighted by Gasteiger charge is 2.15. The summed E-state index contributed by atoms with van der Waals surface area (Å²) in [7, 11) is 0. The van der Waals surface area contributed by atoms with E-state index in [0.717, 1.165) is 13.1 Å². The fraction of sp³-hybridized carbons (Fsp3) is 1.00. The Hall–Kier alpha value is -0.120. The van der Waals surface area contributed by atoms with Crippen molar-refractivity contribution in [2.45, 2.75) is 45.7 Å². The zero-order valence-corrected chi connectivity index (χ0v) is 9.57. The first-order valence-corrected chi connectivity index (χ1v) is 4.88. The Morgan fingerprint density at radius 1 is 0.923 bits per heavy atom. The zero-order valence-electron chi connectivity index (χ0n) is 9.57. The summed E-state index contributed by atoms with van der Waals surface area (Å²) in [4.78, 5) is 0. The summed E-state index contributed by atoms with van der Waals surface area (Å²) in [5, 5.41) is 15.6. The summed E-state index contributed by atoms with van der Waals surface area (Å²) in [6, 6.07) is 0. The highest BCUT2D eigenvalue weighted by molar-refractivity contribution is 4.77. The number of rotatable bonds is 5. The third kappa shape index (κ3) is 8.22. The summed E-state index contributed by atoms with van der Waals surface area (Å²) in [6.07, 6.45) is 0. The predicted molar refractivity (Wildman–Crippen MR) is 56.9 cm³/mol. The van der Waals surface area contributed by atoms with Gasteiger partial charge in [0.25, 0.3) is 0 Å². The molecule has 13 heavy (non-hydrogen) atoms. The molecule has 80 valence electrons. The van der Waals surface area contributed by atoms with Gasteiger partial charge in [-0.2, -0.15) is 0 Å². The highest BCUT2D eigenvalue weighted by atomic mass is 16.3. The molecule has 0 aliphatic rings. The molecule has 0 spiro atoms. The largest absolute Gasteiger partial charge is 0.394 e. The fourth-order valence-corrected chi connectivity index (χ4v) is 0.894. The van der Waals surface area contributed by atoms with Crippen molar-refractivity contribution in [3.63, 3.8) is 0 Å². The molecule has 0 aliphatic heterocycles. The molecule has 3 N–H and O–H groups in total. The van der Waals surface area contributed by atoms with Crippen LogP contribution in [0.4, 0.5) is 0 Å². The van der Waals surface area contributed by atoms with Crippen molar-refractivity contribution in [1.29, 1.82) is 0 Å². The molecule has 0 saturated heterocycles. The van der Waals surface area contributed by atoms with E-state index in [4.69, 9.17) is 5.11 Å². The SMILES string of the molecule is CC(C)(C)NCCNC(C)(C)CO. The molecule has 0 aromatic heterocycles. The van der Waals surface area contributed by atoms with Gasteiger partial charge in [-0.15, -0.1) is 0 Å². The molecule has 0 unspecified atom stereocenters. The third-order valence-corrected chi connectivity index (χ3v) is 1.78. The quantitative estimate of drug-likeness (QED) is 0.557. The molecular weight excluding hydrogens is 164 g/mol. The Kier molecular flexibility index (Phi) is 4.89. The summed E-state index contributed by atoms with van der Waals surface area (Å²) >= 11 is 0. The van der Waals surface area contributed by atoms with E-state index in [0.29, 0.717) is 0 Å². The second kappa shape index (κ2) is 4.94. The van der Waals surface area contributed by atoms with Gasteiger partial charge in [0.15, 0.2) is 0 Å². The van der Waals surface area contributed by atoms with E-state index in [2.05, 4.69) is 31.4 Å². The molecule has 0 bridgehead atoms. The highest BCUT2D eigenvalue weighted by Crippen LogP contribution is 1.99. The Bertz CT molecular complexity index is 138. The molecule has 0 aliphatic carbocycles. The van der Waals surface area contributed by atoms with Gasteiger partial charge in [-0.05, 0) is 34.6 Å². The first-order chi connectivity index (χ1) is 5.77. The first-order valence-electron chi connectivity index (χ1n) is 4.88. The summed E-state index contributed by atoms with van der Waals surface area (Å²) in [6.45, 7) is 12.4. The van der Waals surface area contributed by atoms with Gasteiger partial charge in [-0.1, -0.05) is 0 Å². The van der Waals surface area contributed by atoms with Crippen LogP contribution in [0, 0.1) is 0 Å². The lowest BCUT2D eigenvalue weighted by molar-refractivity contribution is 0.188. The maximum atomic E-state index is 8.97. The van der Waals surface area contributed by atoms with Gasteiger partial charge in [0, 0.05) is 24.2 Å². The molecule has 0 amide bonds. The monoisotopic (exact) mass is 188 g/mol. The standard InChI is InChI=1S/C10H24N2O/c1-9(2,3)11-6-7-12-10(4,5)8-13/h11-13H,6-8H2,1-5H3. The van der Waals surface area contributed by atoms with Crippen LogP contribution >= 0.6 is 0 Å². The maximum Gasteiger partial charge on any atom is 0.0607 e. The van der Waals surface area contributed by atoms with E-state index < -0.39 is 0 Å². The van der Waals surface area contributed by atoms with Crippen molar-refractivity contribution in [2.24, 2.45) is 0 Å². The fourth-order valence-electron chi connectivity index (χ4n) is 0.894. The van der Waals surface area contributed by atoms with Crippen molar-refractivity contribution < 1.29 is 5.11 Å². The van der Waals surface area contributed by atoms with Crippen molar-refractivity contribution in [3.8, 4) is 0 Å². The second-order valence-corrected chi connectivity index (χ2v) is 5.15. The van der Waals surface area contributed by atoms with Crippen LogP contribution in [0.1, 0.15) is 34.6 Å². The van der Waals surface area contributed by atoms with Gasteiger partial charge >= 0.3 is 0 Å². The van der Waals surface area contributed by atoms with Crippen LogP contribution in [-0.2, 0) is 0 Å². The number of aliphatic hydroxyl groups is 1. The van der Waals surface area contributed by atoms with Crippen LogP contribution in [0.2, 0.25) is 0 Å². The molecule has 0 atom stereocenters. The van der Waals surface area contributed by atoms with E-state index in [-0.39, 0.29) is 17.7 Å². The minimum atomic E-state index is -0.167. The lowest BCUT2D eigenvalue weighted by atomic mass is 10.1. The molecule has 0 heterocycles. The molecule has 3 nitrogen and oxygen atoms in total. The van der Waals surface area contributed by atoms with Crippen LogP contribution in [0.5, 0.6) is 0 Å². The maximum absolute atomic E-state index is 8.97. The van der Waals surface area contributed by atoms with E-state index in [1.54, 1.807) is 0 Å². The number of hydrogen-bond donors (Lipinski definition) is 3. The Labute approximate surface area is 81.9 Å².